The van der Waals surface area contributed by atoms with Crippen molar-refractivity contribution in [3.63, 3.8) is 0 Å². The minimum atomic E-state index is -4.23. The van der Waals surface area contributed by atoms with E-state index in [1.165, 1.54) is 12.1 Å². The van der Waals surface area contributed by atoms with Crippen molar-refractivity contribution in [3.05, 3.63) is 42.0 Å². The summed E-state index contributed by atoms with van der Waals surface area (Å²) in [5.74, 6) is 0.562. The van der Waals surface area contributed by atoms with E-state index in [-0.39, 0.29) is 16.2 Å². The molecule has 0 aliphatic carbocycles. The third-order valence-corrected chi connectivity index (χ3v) is 5.52. The molecule has 26 heavy (non-hydrogen) atoms. The molecule has 0 unspecified atom stereocenters. The van der Waals surface area contributed by atoms with Crippen LogP contribution in [-0.2, 0) is 20.3 Å². The van der Waals surface area contributed by atoms with Gasteiger partial charge in [0.1, 0.15) is 5.82 Å². The number of amides is 1. The lowest BCUT2D eigenvalue weighted by molar-refractivity contribution is -0.117. The van der Waals surface area contributed by atoms with Gasteiger partial charge in [0.05, 0.1) is 15.9 Å². The highest BCUT2D eigenvalue weighted by Gasteiger charge is 2.32. The highest BCUT2D eigenvalue weighted by molar-refractivity contribution is 7.85. The number of H-pyrrole nitrogens is 1. The van der Waals surface area contributed by atoms with Crippen LogP contribution in [0.25, 0.3) is 22.4 Å². The number of carbonyl (C=O) groups is 1. The predicted octanol–water partition coefficient (Wildman–Crippen LogP) is 3.10. The molecule has 2 heterocycles. The molecule has 0 saturated carbocycles. The fraction of sp³-hybridized carbons (Fsp3) is 0.222. The monoisotopic (exact) mass is 371 g/mol. The molecule has 1 aliphatic rings. The Labute approximate surface area is 150 Å². The van der Waals surface area contributed by atoms with Gasteiger partial charge in [-0.3, -0.25) is 9.35 Å². The normalized spacial score (nSPS) is 16.3. The molecule has 1 aliphatic heterocycles. The Kier molecular flexibility index (Phi) is 3.47. The number of fused-ring (bicyclic) bond motifs is 2. The third kappa shape index (κ3) is 2.77. The zero-order valence-corrected chi connectivity index (χ0v) is 15.0. The van der Waals surface area contributed by atoms with E-state index in [1.807, 2.05) is 26.0 Å². The van der Waals surface area contributed by atoms with Crippen molar-refractivity contribution in [2.45, 2.75) is 30.6 Å². The van der Waals surface area contributed by atoms with Crippen LogP contribution < -0.4 is 5.32 Å². The van der Waals surface area contributed by atoms with Gasteiger partial charge < -0.3 is 10.3 Å². The average Bonchev–Trinajstić information content (AvgIpc) is 2.95. The van der Waals surface area contributed by atoms with Crippen molar-refractivity contribution in [3.8, 4) is 11.4 Å². The van der Waals surface area contributed by atoms with E-state index >= 15 is 0 Å². The highest BCUT2D eigenvalue weighted by Crippen LogP contribution is 2.39. The van der Waals surface area contributed by atoms with Crippen LogP contribution >= 0.6 is 0 Å². The summed E-state index contributed by atoms with van der Waals surface area (Å²) in [6, 6.07) is 9.64. The van der Waals surface area contributed by atoms with Crippen LogP contribution in [0, 0.1) is 0 Å². The topological polar surface area (TPSA) is 112 Å². The van der Waals surface area contributed by atoms with Crippen LogP contribution in [-0.4, -0.2) is 28.8 Å². The van der Waals surface area contributed by atoms with Gasteiger partial charge in [-0.05, 0) is 42.0 Å². The fourth-order valence-corrected chi connectivity index (χ4v) is 3.81. The Bertz CT molecular complexity index is 1150. The lowest BCUT2D eigenvalue weighted by Gasteiger charge is -2.31. The molecule has 4 rings (SSSR count). The molecule has 2 aromatic carbocycles. The lowest BCUT2D eigenvalue weighted by Crippen LogP contribution is -2.32. The number of aromatic nitrogens is 2. The second-order valence-corrected chi connectivity index (χ2v) is 8.53. The molecule has 0 fully saturated rings. The van der Waals surface area contributed by atoms with Crippen molar-refractivity contribution < 1.29 is 17.8 Å². The summed E-state index contributed by atoms with van der Waals surface area (Å²) in [5, 5.41) is 2.89. The molecule has 0 bridgehead atoms. The number of benzene rings is 2. The highest BCUT2D eigenvalue weighted by atomic mass is 32.2. The molecule has 3 N–H and O–H groups in total. The molecule has 1 amide bonds. The number of carbonyl (C=O) groups excluding carboxylic acids is 1. The molecule has 3 aromatic rings. The second-order valence-electron chi connectivity index (χ2n) is 7.11. The standard InChI is InChI=1S/C18H17N3O4S/c1-18(2)9-16(22)19-13-8-15-14(7-12(13)18)20-17(21-15)10-3-5-11(6-4-10)26(23,24)25/h3-8H,9H2,1-2H3,(H,19,22)(H,20,21)(H,23,24,25). The molecule has 7 nitrogen and oxygen atoms in total. The molecular formula is C18H17N3O4S. The smallest absolute Gasteiger partial charge is 0.294 e. The van der Waals surface area contributed by atoms with Crippen LogP contribution in [0.1, 0.15) is 25.8 Å². The zero-order chi connectivity index (χ0) is 18.7. The maximum atomic E-state index is 11.9. The van der Waals surface area contributed by atoms with Gasteiger partial charge in [-0.2, -0.15) is 8.42 Å². The first-order valence-corrected chi connectivity index (χ1v) is 9.49. The van der Waals surface area contributed by atoms with E-state index in [0.717, 1.165) is 16.8 Å². The third-order valence-electron chi connectivity index (χ3n) is 4.65. The summed E-state index contributed by atoms with van der Waals surface area (Å²) in [7, 11) is -4.23. The number of aromatic amines is 1. The molecule has 0 saturated heterocycles. The van der Waals surface area contributed by atoms with E-state index < -0.39 is 10.1 Å². The summed E-state index contributed by atoms with van der Waals surface area (Å²) in [6.07, 6.45) is 0.420. The van der Waals surface area contributed by atoms with Gasteiger partial charge in [0.25, 0.3) is 10.1 Å². The van der Waals surface area contributed by atoms with Gasteiger partial charge >= 0.3 is 0 Å². The van der Waals surface area contributed by atoms with Crippen molar-refractivity contribution in [2.24, 2.45) is 0 Å². The van der Waals surface area contributed by atoms with Crippen molar-refractivity contribution >= 4 is 32.7 Å². The van der Waals surface area contributed by atoms with Crippen LogP contribution in [0.5, 0.6) is 0 Å². The number of rotatable bonds is 2. The van der Waals surface area contributed by atoms with Crippen molar-refractivity contribution in [1.29, 1.82) is 0 Å². The van der Waals surface area contributed by atoms with Gasteiger partial charge in [0.2, 0.25) is 5.91 Å². The number of anilines is 1. The van der Waals surface area contributed by atoms with Crippen LogP contribution in [0.4, 0.5) is 5.69 Å². The quantitative estimate of drug-likeness (QED) is 0.599. The molecule has 1 aromatic heterocycles. The van der Waals surface area contributed by atoms with Crippen LogP contribution in [0.2, 0.25) is 0 Å². The molecule has 8 heteroatoms. The van der Waals surface area contributed by atoms with Gasteiger partial charge in [0.15, 0.2) is 0 Å². The molecule has 134 valence electrons. The predicted molar refractivity (Wildman–Crippen MR) is 97.6 cm³/mol. The number of hydrogen-bond donors (Lipinski definition) is 3. The number of nitrogens with zero attached hydrogens (tertiary/aromatic N) is 1. The van der Waals surface area contributed by atoms with Crippen LogP contribution in [0.15, 0.2) is 41.3 Å². The van der Waals surface area contributed by atoms with Gasteiger partial charge in [0, 0.05) is 23.1 Å². The maximum Gasteiger partial charge on any atom is 0.294 e. The SMILES string of the molecule is CC1(C)CC(=O)Nc2cc3nc(-c4ccc(S(=O)(=O)O)cc4)[nH]c3cc21. The van der Waals surface area contributed by atoms with E-state index in [4.69, 9.17) is 4.55 Å². The Morgan fingerprint density at radius 1 is 1.15 bits per heavy atom. The summed E-state index contributed by atoms with van der Waals surface area (Å²) in [4.78, 5) is 19.5. The first-order valence-electron chi connectivity index (χ1n) is 8.05. The van der Waals surface area contributed by atoms with Gasteiger partial charge in [-0.15, -0.1) is 0 Å². The average molecular weight is 371 g/mol. The minimum absolute atomic E-state index is 0.0154. The molecule has 0 atom stereocenters. The van der Waals surface area contributed by atoms with Crippen molar-refractivity contribution in [2.75, 3.05) is 5.32 Å². The second kappa shape index (κ2) is 5.39. The lowest BCUT2D eigenvalue weighted by atomic mass is 9.78. The summed E-state index contributed by atoms with van der Waals surface area (Å²) in [6.45, 7) is 4.06. The Morgan fingerprint density at radius 3 is 2.50 bits per heavy atom. The Morgan fingerprint density at radius 2 is 1.85 bits per heavy atom. The first-order chi connectivity index (χ1) is 12.1. The fourth-order valence-electron chi connectivity index (χ4n) is 3.33. The summed E-state index contributed by atoms with van der Waals surface area (Å²) >= 11 is 0. The molecule has 0 spiro atoms. The Hall–Kier alpha value is -2.71. The zero-order valence-electron chi connectivity index (χ0n) is 14.2. The van der Waals surface area contributed by atoms with Crippen LogP contribution in [0.3, 0.4) is 0 Å². The summed E-state index contributed by atoms with van der Waals surface area (Å²) in [5.41, 5.74) is 3.77. The van der Waals surface area contributed by atoms with Crippen molar-refractivity contribution in [1.82, 2.24) is 9.97 Å². The number of hydrogen-bond acceptors (Lipinski definition) is 4. The van der Waals surface area contributed by atoms with Gasteiger partial charge in [-0.1, -0.05) is 13.8 Å². The van der Waals surface area contributed by atoms with E-state index in [2.05, 4.69) is 15.3 Å². The maximum absolute atomic E-state index is 11.9. The van der Waals surface area contributed by atoms with E-state index in [9.17, 15) is 13.2 Å². The van der Waals surface area contributed by atoms with E-state index in [1.54, 1.807) is 12.1 Å². The summed E-state index contributed by atoms with van der Waals surface area (Å²) < 4.78 is 31.4. The van der Waals surface area contributed by atoms with E-state index in [0.29, 0.717) is 23.3 Å². The minimum Gasteiger partial charge on any atom is -0.338 e. The molecular weight excluding hydrogens is 354 g/mol. The number of imidazole rings is 1. The first kappa shape index (κ1) is 16.7. The van der Waals surface area contributed by atoms with Gasteiger partial charge in [-0.25, -0.2) is 4.98 Å². The largest absolute Gasteiger partial charge is 0.338 e. The molecule has 0 radical (unpaired) electrons. The number of nitrogens with one attached hydrogen (secondary N) is 2. The Balaban J connectivity index is 1.80.